The number of hydrogen-bond donors (Lipinski definition) is 2. The zero-order chi connectivity index (χ0) is 15.7. The Bertz CT molecular complexity index is 540. The molecule has 1 atom stereocenters. The number of alkyl halides is 3. The maximum absolute atomic E-state index is 13.0. The SMILES string of the molecule is CCC1(C(=O)Nc2ccc(Cl)cc2C(F)(F)F)CCNC1. The third-order valence-electron chi connectivity index (χ3n) is 3.94. The van der Waals surface area contributed by atoms with Crippen molar-refractivity contribution in [3.05, 3.63) is 28.8 Å². The van der Waals surface area contributed by atoms with E-state index in [2.05, 4.69) is 10.6 Å². The average Bonchev–Trinajstić information content (AvgIpc) is 2.89. The molecule has 1 unspecified atom stereocenters. The lowest BCUT2D eigenvalue weighted by Gasteiger charge is -2.26. The monoisotopic (exact) mass is 320 g/mol. The van der Waals surface area contributed by atoms with E-state index in [1.807, 2.05) is 6.92 Å². The molecule has 7 heteroatoms. The van der Waals surface area contributed by atoms with Gasteiger partial charge in [0.25, 0.3) is 0 Å². The minimum Gasteiger partial charge on any atom is -0.325 e. The molecule has 1 aliphatic heterocycles. The maximum Gasteiger partial charge on any atom is 0.418 e. The van der Waals surface area contributed by atoms with Crippen molar-refractivity contribution in [2.45, 2.75) is 25.9 Å². The van der Waals surface area contributed by atoms with Crippen molar-refractivity contribution in [3.63, 3.8) is 0 Å². The van der Waals surface area contributed by atoms with E-state index in [1.54, 1.807) is 0 Å². The highest BCUT2D eigenvalue weighted by Gasteiger charge is 2.41. The summed E-state index contributed by atoms with van der Waals surface area (Å²) in [4.78, 5) is 12.4. The van der Waals surface area contributed by atoms with Crippen LogP contribution >= 0.6 is 11.6 Å². The fourth-order valence-electron chi connectivity index (χ4n) is 2.51. The van der Waals surface area contributed by atoms with Crippen LogP contribution in [-0.2, 0) is 11.0 Å². The molecule has 1 aliphatic rings. The standard InChI is InChI=1S/C14H16ClF3N2O/c1-2-13(5-6-19-8-13)12(21)20-11-4-3-9(15)7-10(11)14(16,17)18/h3-4,7,19H,2,5-6,8H2,1H3,(H,20,21). The predicted molar refractivity (Wildman–Crippen MR) is 75.3 cm³/mol. The van der Waals surface area contributed by atoms with Crippen LogP contribution in [0.5, 0.6) is 0 Å². The number of amides is 1. The summed E-state index contributed by atoms with van der Waals surface area (Å²) in [7, 11) is 0. The molecule has 116 valence electrons. The van der Waals surface area contributed by atoms with Gasteiger partial charge in [-0.15, -0.1) is 0 Å². The van der Waals surface area contributed by atoms with Crippen molar-refractivity contribution in [3.8, 4) is 0 Å². The lowest BCUT2D eigenvalue weighted by Crippen LogP contribution is -2.38. The minimum absolute atomic E-state index is 0.0203. The molecule has 1 aromatic rings. The van der Waals surface area contributed by atoms with E-state index in [0.29, 0.717) is 25.9 Å². The number of hydrogen-bond acceptors (Lipinski definition) is 2. The predicted octanol–water partition coefficient (Wildman–Crippen LogP) is 3.69. The molecule has 1 fully saturated rings. The van der Waals surface area contributed by atoms with Gasteiger partial charge in [0, 0.05) is 11.6 Å². The van der Waals surface area contributed by atoms with E-state index < -0.39 is 17.2 Å². The molecule has 1 heterocycles. The third-order valence-corrected chi connectivity index (χ3v) is 4.17. The van der Waals surface area contributed by atoms with Gasteiger partial charge in [-0.05, 0) is 37.6 Å². The van der Waals surface area contributed by atoms with Gasteiger partial charge in [0.2, 0.25) is 5.91 Å². The molecule has 2 rings (SSSR count). The van der Waals surface area contributed by atoms with Gasteiger partial charge in [-0.1, -0.05) is 18.5 Å². The molecule has 0 bridgehead atoms. The molecule has 3 nitrogen and oxygen atoms in total. The van der Waals surface area contributed by atoms with Gasteiger partial charge in [-0.2, -0.15) is 13.2 Å². The summed E-state index contributed by atoms with van der Waals surface area (Å²) in [6.07, 6.45) is -3.38. The van der Waals surface area contributed by atoms with Crippen molar-refractivity contribution >= 4 is 23.2 Å². The lowest BCUT2D eigenvalue weighted by molar-refractivity contribution is -0.137. The smallest absolute Gasteiger partial charge is 0.325 e. The molecule has 0 radical (unpaired) electrons. The van der Waals surface area contributed by atoms with E-state index >= 15 is 0 Å². The molecule has 0 aromatic heterocycles. The fourth-order valence-corrected chi connectivity index (χ4v) is 2.69. The molecule has 1 aromatic carbocycles. The second-order valence-corrected chi connectivity index (χ2v) is 5.64. The molecule has 0 aliphatic carbocycles. The van der Waals surface area contributed by atoms with Crippen LogP contribution in [0.4, 0.5) is 18.9 Å². The number of carbonyl (C=O) groups is 1. The van der Waals surface area contributed by atoms with E-state index in [0.717, 1.165) is 6.07 Å². The van der Waals surface area contributed by atoms with Crippen LogP contribution in [-0.4, -0.2) is 19.0 Å². The maximum atomic E-state index is 13.0. The summed E-state index contributed by atoms with van der Waals surface area (Å²) in [6.45, 7) is 3.03. The molecular weight excluding hydrogens is 305 g/mol. The number of rotatable bonds is 3. The molecule has 2 N–H and O–H groups in total. The summed E-state index contributed by atoms with van der Waals surface area (Å²) in [5, 5.41) is 5.48. The first-order valence-corrected chi connectivity index (χ1v) is 7.05. The number of nitrogens with one attached hydrogen (secondary N) is 2. The van der Waals surface area contributed by atoms with Gasteiger partial charge in [-0.3, -0.25) is 4.79 Å². The third kappa shape index (κ3) is 3.32. The number of anilines is 1. The van der Waals surface area contributed by atoms with Crippen LogP contribution < -0.4 is 10.6 Å². The highest BCUT2D eigenvalue weighted by molar-refractivity contribution is 6.30. The van der Waals surface area contributed by atoms with Crippen LogP contribution in [0.3, 0.4) is 0 Å². The summed E-state index contributed by atoms with van der Waals surface area (Å²) in [6, 6.07) is 3.34. The van der Waals surface area contributed by atoms with Crippen LogP contribution in [0.15, 0.2) is 18.2 Å². The Morgan fingerprint density at radius 2 is 2.19 bits per heavy atom. The Balaban J connectivity index is 2.29. The minimum atomic E-state index is -4.57. The quantitative estimate of drug-likeness (QED) is 0.892. The molecule has 0 saturated carbocycles. The van der Waals surface area contributed by atoms with Gasteiger partial charge >= 0.3 is 6.18 Å². The van der Waals surface area contributed by atoms with Crippen molar-refractivity contribution in [2.75, 3.05) is 18.4 Å². The normalized spacial score (nSPS) is 22.3. The van der Waals surface area contributed by atoms with Gasteiger partial charge in [0.05, 0.1) is 16.7 Å². The van der Waals surface area contributed by atoms with E-state index in [1.165, 1.54) is 12.1 Å². The van der Waals surface area contributed by atoms with Crippen molar-refractivity contribution in [1.82, 2.24) is 5.32 Å². The van der Waals surface area contributed by atoms with Crippen LogP contribution in [0.25, 0.3) is 0 Å². The largest absolute Gasteiger partial charge is 0.418 e. The van der Waals surface area contributed by atoms with Crippen molar-refractivity contribution in [1.29, 1.82) is 0 Å². The fraction of sp³-hybridized carbons (Fsp3) is 0.500. The van der Waals surface area contributed by atoms with Crippen molar-refractivity contribution in [2.24, 2.45) is 5.41 Å². The molecule has 21 heavy (non-hydrogen) atoms. The second kappa shape index (κ2) is 5.85. The number of benzene rings is 1. The first-order chi connectivity index (χ1) is 9.78. The highest BCUT2D eigenvalue weighted by Crippen LogP contribution is 2.38. The van der Waals surface area contributed by atoms with Gasteiger partial charge in [0.15, 0.2) is 0 Å². The average molecular weight is 321 g/mol. The van der Waals surface area contributed by atoms with Crippen LogP contribution in [0.1, 0.15) is 25.3 Å². The Labute approximate surface area is 125 Å². The Morgan fingerprint density at radius 1 is 1.48 bits per heavy atom. The molecular formula is C14H16ClF3N2O. The van der Waals surface area contributed by atoms with Crippen LogP contribution in [0, 0.1) is 5.41 Å². The topological polar surface area (TPSA) is 41.1 Å². The number of halogens is 4. The molecule has 1 saturated heterocycles. The van der Waals surface area contributed by atoms with Gasteiger partial charge in [-0.25, -0.2) is 0 Å². The summed E-state index contributed by atoms with van der Waals surface area (Å²) in [5.41, 5.74) is -1.83. The van der Waals surface area contributed by atoms with Gasteiger partial charge < -0.3 is 10.6 Å². The van der Waals surface area contributed by atoms with E-state index in [-0.39, 0.29) is 16.6 Å². The first-order valence-electron chi connectivity index (χ1n) is 6.67. The molecule has 0 spiro atoms. The first kappa shape index (κ1) is 16.1. The zero-order valence-corrected chi connectivity index (χ0v) is 12.2. The lowest BCUT2D eigenvalue weighted by atomic mass is 9.83. The summed E-state index contributed by atoms with van der Waals surface area (Å²) < 4.78 is 39.0. The second-order valence-electron chi connectivity index (χ2n) is 5.20. The summed E-state index contributed by atoms with van der Waals surface area (Å²) in [5.74, 6) is -0.386. The van der Waals surface area contributed by atoms with E-state index in [4.69, 9.17) is 11.6 Å². The Morgan fingerprint density at radius 3 is 2.71 bits per heavy atom. The number of carbonyl (C=O) groups excluding carboxylic acids is 1. The Kier molecular flexibility index (Phi) is 4.49. The van der Waals surface area contributed by atoms with Gasteiger partial charge in [0.1, 0.15) is 0 Å². The zero-order valence-electron chi connectivity index (χ0n) is 11.5. The van der Waals surface area contributed by atoms with Crippen LogP contribution in [0.2, 0.25) is 5.02 Å². The van der Waals surface area contributed by atoms with Crippen molar-refractivity contribution < 1.29 is 18.0 Å². The molecule has 1 amide bonds. The van der Waals surface area contributed by atoms with E-state index in [9.17, 15) is 18.0 Å². The summed E-state index contributed by atoms with van der Waals surface area (Å²) >= 11 is 5.62. The Hall–Kier alpha value is -1.27. The highest BCUT2D eigenvalue weighted by atomic mass is 35.5.